The predicted molar refractivity (Wildman–Crippen MR) is 63.2 cm³/mol. The van der Waals surface area contributed by atoms with Crippen LogP contribution < -0.4 is 0 Å². The Labute approximate surface area is 94.9 Å². The highest BCUT2D eigenvalue weighted by atomic mass is 16.3. The monoisotopic (exact) mass is 214 g/mol. The molecule has 1 aromatic heterocycles. The van der Waals surface area contributed by atoms with Gasteiger partial charge in [-0.15, -0.1) is 0 Å². The number of carbonyl (C=O) groups excluding carboxylic acids is 1. The summed E-state index contributed by atoms with van der Waals surface area (Å²) >= 11 is 0. The van der Waals surface area contributed by atoms with Gasteiger partial charge in [0.1, 0.15) is 6.29 Å². The van der Waals surface area contributed by atoms with Crippen molar-refractivity contribution in [2.24, 2.45) is 0 Å². The molecule has 0 N–H and O–H groups in total. The van der Waals surface area contributed by atoms with Gasteiger partial charge in [0.15, 0.2) is 0 Å². The molecule has 0 aliphatic rings. The summed E-state index contributed by atoms with van der Waals surface area (Å²) in [4.78, 5) is 11.1. The quantitative estimate of drug-likeness (QED) is 0.733. The molecule has 16 heavy (non-hydrogen) atoms. The molecule has 2 heteroatoms. The second-order valence-corrected chi connectivity index (χ2v) is 4.40. The summed E-state index contributed by atoms with van der Waals surface area (Å²) < 4.78 is 5.08. The highest BCUT2D eigenvalue weighted by Crippen LogP contribution is 2.31. The van der Waals surface area contributed by atoms with Gasteiger partial charge in [-0.05, 0) is 31.0 Å². The Kier molecular flexibility index (Phi) is 2.65. The summed E-state index contributed by atoms with van der Waals surface area (Å²) in [7, 11) is 0. The van der Waals surface area contributed by atoms with Crippen LogP contribution in [0.15, 0.2) is 47.3 Å². The van der Waals surface area contributed by atoms with Crippen LogP contribution in [0.25, 0.3) is 11.1 Å². The summed E-state index contributed by atoms with van der Waals surface area (Å²) in [6.45, 7) is 3.83. The van der Waals surface area contributed by atoms with Gasteiger partial charge in [-0.1, -0.05) is 24.3 Å². The van der Waals surface area contributed by atoms with Crippen LogP contribution in [-0.4, -0.2) is 6.29 Å². The van der Waals surface area contributed by atoms with Crippen molar-refractivity contribution < 1.29 is 9.21 Å². The van der Waals surface area contributed by atoms with Crippen LogP contribution in [0.3, 0.4) is 0 Å². The van der Waals surface area contributed by atoms with E-state index in [2.05, 4.69) is 0 Å². The Bertz CT molecular complexity index is 481. The maximum atomic E-state index is 11.1. The van der Waals surface area contributed by atoms with E-state index >= 15 is 0 Å². The minimum Gasteiger partial charge on any atom is -0.472 e. The van der Waals surface area contributed by atoms with Crippen LogP contribution in [0, 0.1) is 0 Å². The first-order valence-electron chi connectivity index (χ1n) is 5.23. The van der Waals surface area contributed by atoms with Crippen molar-refractivity contribution in [3.8, 4) is 11.1 Å². The van der Waals surface area contributed by atoms with Crippen molar-refractivity contribution in [3.05, 3.63) is 48.4 Å². The summed E-state index contributed by atoms with van der Waals surface area (Å²) in [6, 6.07) is 9.80. The molecule has 0 bridgehead atoms. The lowest BCUT2D eigenvalue weighted by molar-refractivity contribution is -0.111. The molecule has 0 unspecified atom stereocenters. The molecule has 0 amide bonds. The van der Waals surface area contributed by atoms with Gasteiger partial charge < -0.3 is 9.21 Å². The van der Waals surface area contributed by atoms with Crippen molar-refractivity contribution in [1.29, 1.82) is 0 Å². The molecule has 0 aliphatic carbocycles. The smallest absolute Gasteiger partial charge is 0.129 e. The standard InChI is InChI=1S/C14H14O2/c1-14(2,10-15)13-6-4-3-5-12(13)11-7-8-16-9-11/h3-10H,1-2H3. The van der Waals surface area contributed by atoms with Crippen LogP contribution in [0.4, 0.5) is 0 Å². The van der Waals surface area contributed by atoms with E-state index in [1.165, 1.54) is 0 Å². The van der Waals surface area contributed by atoms with Crippen molar-refractivity contribution in [3.63, 3.8) is 0 Å². The Morgan fingerprint density at radius 1 is 1.19 bits per heavy atom. The normalized spacial score (nSPS) is 11.4. The number of benzene rings is 1. The average molecular weight is 214 g/mol. The van der Waals surface area contributed by atoms with Crippen molar-refractivity contribution >= 4 is 6.29 Å². The van der Waals surface area contributed by atoms with Gasteiger partial charge in [0.2, 0.25) is 0 Å². The summed E-state index contributed by atoms with van der Waals surface area (Å²) in [5.74, 6) is 0. The van der Waals surface area contributed by atoms with Crippen LogP contribution in [0.5, 0.6) is 0 Å². The van der Waals surface area contributed by atoms with Gasteiger partial charge in [0.05, 0.1) is 12.5 Å². The fourth-order valence-corrected chi connectivity index (χ4v) is 1.78. The van der Waals surface area contributed by atoms with Gasteiger partial charge in [0.25, 0.3) is 0 Å². The third-order valence-electron chi connectivity index (χ3n) is 2.75. The Morgan fingerprint density at radius 2 is 1.94 bits per heavy atom. The number of hydrogen-bond acceptors (Lipinski definition) is 2. The van der Waals surface area contributed by atoms with E-state index in [0.717, 1.165) is 23.0 Å². The molecule has 0 atom stereocenters. The van der Waals surface area contributed by atoms with E-state index in [0.29, 0.717) is 0 Å². The Balaban J connectivity index is 2.59. The predicted octanol–water partition coefficient (Wildman–Crippen LogP) is 3.42. The number of aldehydes is 1. The minimum absolute atomic E-state index is 0.478. The van der Waals surface area contributed by atoms with Crippen molar-refractivity contribution in [2.45, 2.75) is 19.3 Å². The van der Waals surface area contributed by atoms with Crippen molar-refractivity contribution in [2.75, 3.05) is 0 Å². The molecule has 0 saturated heterocycles. The third-order valence-corrected chi connectivity index (χ3v) is 2.75. The minimum atomic E-state index is -0.478. The molecule has 0 aliphatic heterocycles. The molecule has 2 nitrogen and oxygen atoms in total. The first-order valence-corrected chi connectivity index (χ1v) is 5.23. The topological polar surface area (TPSA) is 30.2 Å². The maximum absolute atomic E-state index is 11.1. The van der Waals surface area contributed by atoms with Crippen molar-refractivity contribution in [1.82, 2.24) is 0 Å². The van der Waals surface area contributed by atoms with Crippen LogP contribution in [-0.2, 0) is 10.2 Å². The Hall–Kier alpha value is -1.83. The molecule has 0 saturated carbocycles. The van der Waals surface area contributed by atoms with Gasteiger partial charge >= 0.3 is 0 Å². The van der Waals surface area contributed by atoms with Crippen LogP contribution in [0.2, 0.25) is 0 Å². The van der Waals surface area contributed by atoms with E-state index < -0.39 is 5.41 Å². The maximum Gasteiger partial charge on any atom is 0.129 e. The third kappa shape index (κ3) is 1.78. The van der Waals surface area contributed by atoms with E-state index in [1.54, 1.807) is 12.5 Å². The molecule has 0 fully saturated rings. The molecule has 1 heterocycles. The zero-order valence-electron chi connectivity index (χ0n) is 9.44. The highest BCUT2D eigenvalue weighted by Gasteiger charge is 2.23. The van der Waals surface area contributed by atoms with Crippen LogP contribution >= 0.6 is 0 Å². The first kappa shape index (κ1) is 10.7. The molecule has 0 spiro atoms. The van der Waals surface area contributed by atoms with E-state index in [4.69, 9.17) is 4.42 Å². The SMILES string of the molecule is CC(C)(C=O)c1ccccc1-c1ccoc1. The van der Waals surface area contributed by atoms with Crippen LogP contribution in [0.1, 0.15) is 19.4 Å². The lowest BCUT2D eigenvalue weighted by Crippen LogP contribution is -2.19. The molecular formula is C14H14O2. The zero-order valence-corrected chi connectivity index (χ0v) is 9.44. The van der Waals surface area contributed by atoms with Gasteiger partial charge in [-0.3, -0.25) is 0 Å². The average Bonchev–Trinajstić information content (AvgIpc) is 2.82. The van der Waals surface area contributed by atoms with Gasteiger partial charge in [-0.2, -0.15) is 0 Å². The second kappa shape index (κ2) is 3.97. The molecule has 2 aromatic rings. The molecule has 1 aromatic carbocycles. The lowest BCUT2D eigenvalue weighted by atomic mass is 9.82. The highest BCUT2D eigenvalue weighted by molar-refractivity contribution is 5.76. The fourth-order valence-electron chi connectivity index (χ4n) is 1.78. The number of furan rings is 1. The number of carbonyl (C=O) groups is 1. The Morgan fingerprint density at radius 3 is 2.56 bits per heavy atom. The van der Waals surface area contributed by atoms with E-state index in [1.807, 2.05) is 44.2 Å². The first-order chi connectivity index (χ1) is 7.65. The van der Waals surface area contributed by atoms with Gasteiger partial charge in [0, 0.05) is 11.0 Å². The van der Waals surface area contributed by atoms with E-state index in [-0.39, 0.29) is 0 Å². The molecular weight excluding hydrogens is 200 g/mol. The largest absolute Gasteiger partial charge is 0.472 e. The number of hydrogen-bond donors (Lipinski definition) is 0. The summed E-state index contributed by atoms with van der Waals surface area (Å²) in [5.41, 5.74) is 2.60. The molecule has 82 valence electrons. The zero-order chi connectivity index (χ0) is 11.6. The summed E-state index contributed by atoms with van der Waals surface area (Å²) in [5, 5.41) is 0. The number of rotatable bonds is 3. The lowest BCUT2D eigenvalue weighted by Gasteiger charge is -2.20. The fraction of sp³-hybridized carbons (Fsp3) is 0.214. The van der Waals surface area contributed by atoms with Gasteiger partial charge in [-0.25, -0.2) is 0 Å². The summed E-state index contributed by atoms with van der Waals surface area (Å²) in [6.07, 6.45) is 4.31. The second-order valence-electron chi connectivity index (χ2n) is 4.40. The molecule has 2 rings (SSSR count). The molecule has 0 radical (unpaired) electrons. The van der Waals surface area contributed by atoms with E-state index in [9.17, 15) is 4.79 Å².